The van der Waals surface area contributed by atoms with Crippen LogP contribution in [-0.4, -0.2) is 22.5 Å². The summed E-state index contributed by atoms with van der Waals surface area (Å²) in [6.07, 6.45) is 0. The van der Waals surface area contributed by atoms with Crippen molar-refractivity contribution in [3.05, 3.63) is 46.4 Å². The number of ether oxygens (including phenoxy) is 1. The average molecular weight is 311 g/mol. The van der Waals surface area contributed by atoms with E-state index < -0.39 is 5.97 Å². The van der Waals surface area contributed by atoms with Crippen LogP contribution in [-0.2, 0) is 4.74 Å². The highest BCUT2D eigenvalue weighted by molar-refractivity contribution is 6.33. The molecular formula is C13H8Cl2N2O3. The molecule has 0 N–H and O–H groups in total. The first-order chi connectivity index (χ1) is 9.61. The maximum atomic E-state index is 11.9. The molecule has 0 bridgehead atoms. The lowest BCUT2D eigenvalue weighted by molar-refractivity contribution is 0.0592. The van der Waals surface area contributed by atoms with Crippen molar-refractivity contribution in [2.45, 2.75) is 0 Å². The molecule has 20 heavy (non-hydrogen) atoms. The van der Waals surface area contributed by atoms with Crippen LogP contribution in [0.4, 0.5) is 0 Å². The largest absolute Gasteiger partial charge is 0.464 e. The summed E-state index contributed by atoms with van der Waals surface area (Å²) in [5.41, 5.74) is 0.879. The number of fused-ring (bicyclic) bond motifs is 1. The Hall–Kier alpha value is -1.98. The summed E-state index contributed by atoms with van der Waals surface area (Å²) in [5, 5.41) is 0.488. The van der Waals surface area contributed by atoms with Crippen LogP contribution in [0, 0.1) is 0 Å². The Morgan fingerprint density at radius 3 is 2.75 bits per heavy atom. The highest BCUT2D eigenvalue weighted by Crippen LogP contribution is 2.29. The first kappa shape index (κ1) is 13.0. The number of carbonyl (C=O) groups excluding carboxylic acids is 1. The molecule has 0 aromatic carbocycles. The Bertz CT molecular complexity index is 807. The molecule has 3 aromatic rings. The van der Waals surface area contributed by atoms with Crippen LogP contribution in [0.2, 0.25) is 10.4 Å². The van der Waals surface area contributed by atoms with Gasteiger partial charge in [0.1, 0.15) is 5.69 Å². The summed E-state index contributed by atoms with van der Waals surface area (Å²) in [5.74, 6) is 0.301. The second kappa shape index (κ2) is 4.85. The summed E-state index contributed by atoms with van der Waals surface area (Å²) >= 11 is 11.9. The maximum absolute atomic E-state index is 11.9. The van der Waals surface area contributed by atoms with Crippen LogP contribution in [0.1, 0.15) is 10.5 Å². The zero-order chi connectivity index (χ0) is 14.3. The van der Waals surface area contributed by atoms with Crippen molar-refractivity contribution in [3.63, 3.8) is 0 Å². The summed E-state index contributed by atoms with van der Waals surface area (Å²) in [6, 6.07) is 8.31. The predicted octanol–water partition coefficient (Wildman–Crippen LogP) is 3.69. The van der Waals surface area contributed by atoms with E-state index >= 15 is 0 Å². The SMILES string of the molecule is COC(=O)c1cccc2c(Cl)nc(-c3ccc(Cl)o3)n12. The quantitative estimate of drug-likeness (QED) is 0.677. The Labute approximate surface area is 123 Å². The van der Waals surface area contributed by atoms with Crippen molar-refractivity contribution in [3.8, 4) is 11.6 Å². The van der Waals surface area contributed by atoms with Crippen molar-refractivity contribution in [1.29, 1.82) is 0 Å². The molecule has 0 aliphatic heterocycles. The fraction of sp³-hybridized carbons (Fsp3) is 0.0769. The number of imidazole rings is 1. The number of halogens is 2. The van der Waals surface area contributed by atoms with Gasteiger partial charge in [0.05, 0.1) is 12.6 Å². The number of aromatic nitrogens is 2. The van der Waals surface area contributed by atoms with Crippen LogP contribution < -0.4 is 0 Å². The minimum Gasteiger partial charge on any atom is -0.464 e. The molecule has 3 aromatic heterocycles. The van der Waals surface area contributed by atoms with Crippen molar-refractivity contribution in [2.24, 2.45) is 0 Å². The van der Waals surface area contributed by atoms with Crippen LogP contribution in [0.15, 0.2) is 34.7 Å². The van der Waals surface area contributed by atoms with E-state index in [0.717, 1.165) is 0 Å². The van der Waals surface area contributed by atoms with E-state index in [-0.39, 0.29) is 10.4 Å². The van der Waals surface area contributed by atoms with Crippen molar-refractivity contribution in [1.82, 2.24) is 9.38 Å². The van der Waals surface area contributed by atoms with Gasteiger partial charge in [-0.15, -0.1) is 0 Å². The van der Waals surface area contributed by atoms with Gasteiger partial charge in [0, 0.05) is 0 Å². The molecule has 0 amide bonds. The first-order valence-electron chi connectivity index (χ1n) is 5.63. The Morgan fingerprint density at radius 2 is 2.10 bits per heavy atom. The summed E-state index contributed by atoms with van der Waals surface area (Å²) in [7, 11) is 1.31. The third-order valence-electron chi connectivity index (χ3n) is 2.81. The summed E-state index contributed by atoms with van der Waals surface area (Å²) in [6.45, 7) is 0. The molecule has 0 aliphatic carbocycles. The van der Waals surface area contributed by atoms with Crippen molar-refractivity contribution in [2.75, 3.05) is 7.11 Å². The zero-order valence-corrected chi connectivity index (χ0v) is 11.8. The minimum atomic E-state index is -0.497. The number of esters is 1. The minimum absolute atomic E-state index is 0.225. The van der Waals surface area contributed by atoms with Crippen LogP contribution in [0.25, 0.3) is 17.1 Å². The molecule has 3 heterocycles. The molecule has 0 radical (unpaired) electrons. The Morgan fingerprint density at radius 1 is 1.30 bits per heavy atom. The normalized spacial score (nSPS) is 10.9. The number of furan rings is 1. The fourth-order valence-electron chi connectivity index (χ4n) is 1.96. The maximum Gasteiger partial charge on any atom is 0.355 e. The molecule has 7 heteroatoms. The van der Waals surface area contributed by atoms with Gasteiger partial charge in [0.2, 0.25) is 0 Å². The van der Waals surface area contributed by atoms with E-state index in [1.807, 2.05) is 0 Å². The molecular weight excluding hydrogens is 303 g/mol. The lowest BCUT2D eigenvalue weighted by Gasteiger charge is -2.05. The molecule has 0 spiro atoms. The van der Waals surface area contributed by atoms with E-state index in [0.29, 0.717) is 22.8 Å². The molecule has 0 aliphatic rings. The van der Waals surface area contributed by atoms with Crippen LogP contribution in [0.3, 0.4) is 0 Å². The lowest BCUT2D eigenvalue weighted by atomic mass is 10.3. The molecule has 0 fully saturated rings. The second-order valence-electron chi connectivity index (χ2n) is 3.95. The zero-order valence-electron chi connectivity index (χ0n) is 10.3. The number of pyridine rings is 1. The van der Waals surface area contributed by atoms with Gasteiger partial charge < -0.3 is 9.15 Å². The Balaban J connectivity index is 2.35. The monoisotopic (exact) mass is 310 g/mol. The van der Waals surface area contributed by atoms with Gasteiger partial charge >= 0.3 is 5.97 Å². The number of rotatable bonds is 2. The number of methoxy groups -OCH3 is 1. The molecule has 5 nitrogen and oxygen atoms in total. The number of hydrogen-bond donors (Lipinski definition) is 0. The van der Waals surface area contributed by atoms with E-state index in [2.05, 4.69) is 4.98 Å². The number of hydrogen-bond acceptors (Lipinski definition) is 4. The third kappa shape index (κ3) is 1.95. The third-order valence-corrected chi connectivity index (χ3v) is 3.29. The van der Waals surface area contributed by atoms with Gasteiger partial charge in [-0.3, -0.25) is 4.40 Å². The van der Waals surface area contributed by atoms with Crippen molar-refractivity contribution >= 4 is 34.7 Å². The van der Waals surface area contributed by atoms with E-state index in [1.54, 1.807) is 34.7 Å². The van der Waals surface area contributed by atoms with Gasteiger partial charge in [0.25, 0.3) is 0 Å². The van der Waals surface area contributed by atoms with Gasteiger partial charge in [-0.05, 0) is 35.9 Å². The van der Waals surface area contributed by atoms with E-state index in [1.165, 1.54) is 7.11 Å². The van der Waals surface area contributed by atoms with Crippen LogP contribution in [0.5, 0.6) is 0 Å². The smallest absolute Gasteiger partial charge is 0.355 e. The Kier molecular flexibility index (Phi) is 3.16. The molecule has 0 saturated carbocycles. The molecule has 3 rings (SSSR count). The van der Waals surface area contributed by atoms with Gasteiger partial charge in [-0.1, -0.05) is 17.7 Å². The molecule has 0 saturated heterocycles. The van der Waals surface area contributed by atoms with Gasteiger partial charge in [-0.2, -0.15) is 0 Å². The molecule has 102 valence electrons. The summed E-state index contributed by atoms with van der Waals surface area (Å²) < 4.78 is 11.7. The predicted molar refractivity (Wildman–Crippen MR) is 74.3 cm³/mol. The lowest BCUT2D eigenvalue weighted by Crippen LogP contribution is -2.08. The second-order valence-corrected chi connectivity index (χ2v) is 4.68. The van der Waals surface area contributed by atoms with E-state index in [4.69, 9.17) is 32.4 Å². The number of nitrogens with zero attached hydrogens (tertiary/aromatic N) is 2. The summed E-state index contributed by atoms with van der Waals surface area (Å²) in [4.78, 5) is 16.1. The topological polar surface area (TPSA) is 56.7 Å². The van der Waals surface area contributed by atoms with E-state index in [9.17, 15) is 4.79 Å². The standard InChI is InChI=1S/C13H8Cl2N2O3/c1-19-13(18)8-4-2-3-7-11(15)16-12(17(7)8)9-5-6-10(14)20-9/h2-6H,1H3. The van der Waals surface area contributed by atoms with Crippen molar-refractivity contribution < 1.29 is 13.9 Å². The van der Waals surface area contributed by atoms with Crippen LogP contribution >= 0.6 is 23.2 Å². The first-order valence-corrected chi connectivity index (χ1v) is 6.38. The fourth-order valence-corrected chi connectivity index (χ4v) is 2.34. The molecule has 0 unspecified atom stereocenters. The average Bonchev–Trinajstić information content (AvgIpc) is 3.02. The van der Waals surface area contributed by atoms with Gasteiger partial charge in [-0.25, -0.2) is 9.78 Å². The highest BCUT2D eigenvalue weighted by Gasteiger charge is 2.20. The molecule has 0 atom stereocenters. The van der Waals surface area contributed by atoms with Gasteiger partial charge in [0.15, 0.2) is 22.0 Å². The number of carbonyl (C=O) groups is 1. The highest BCUT2D eigenvalue weighted by atomic mass is 35.5.